The average Bonchev–Trinajstić information content (AvgIpc) is 2.60. The maximum Gasteiger partial charge on any atom is 0.319 e. The summed E-state index contributed by atoms with van der Waals surface area (Å²) in [4.78, 5) is 48.1. The number of ether oxygens (including phenoxy) is 4. The molecule has 1 atom stereocenters. The Balaban J connectivity index is 5.70. The third-order valence-electron chi connectivity index (χ3n) is 3.82. The first-order valence-electron chi connectivity index (χ1n) is 9.37. The Morgan fingerprint density at radius 3 is 1.57 bits per heavy atom. The van der Waals surface area contributed by atoms with Crippen LogP contribution >= 0.6 is 0 Å². The van der Waals surface area contributed by atoms with Gasteiger partial charge in [0.1, 0.15) is 0 Å². The smallest absolute Gasteiger partial charge is 0.319 e. The number of nitrogens with two attached hydrogens (primary N) is 1. The van der Waals surface area contributed by atoms with Crippen LogP contribution in [0.5, 0.6) is 0 Å². The number of carbonyl (C=O) groups excluding carboxylic acids is 4. The second kappa shape index (κ2) is 13.9. The Morgan fingerprint density at radius 1 is 0.750 bits per heavy atom. The summed E-state index contributed by atoms with van der Waals surface area (Å²) >= 11 is 0. The van der Waals surface area contributed by atoms with Crippen molar-refractivity contribution < 1.29 is 38.1 Å². The van der Waals surface area contributed by atoms with Crippen LogP contribution in [0.4, 0.5) is 0 Å². The van der Waals surface area contributed by atoms with Crippen LogP contribution in [-0.4, -0.2) is 68.4 Å². The lowest BCUT2D eigenvalue weighted by Crippen LogP contribution is -2.62. The van der Waals surface area contributed by atoms with Gasteiger partial charge in [-0.15, -0.1) is 0 Å². The number of nitrogens with one attached hydrogen (secondary N) is 1. The van der Waals surface area contributed by atoms with E-state index in [2.05, 4.69) is 5.32 Å². The fourth-order valence-electron chi connectivity index (χ4n) is 2.58. The van der Waals surface area contributed by atoms with Gasteiger partial charge in [-0.25, -0.2) is 0 Å². The molecule has 0 aromatic rings. The van der Waals surface area contributed by atoms with Crippen molar-refractivity contribution >= 4 is 23.9 Å². The van der Waals surface area contributed by atoms with E-state index < -0.39 is 35.5 Å². The predicted octanol–water partition coefficient (Wildman–Crippen LogP) is 0.0648. The summed E-state index contributed by atoms with van der Waals surface area (Å²) in [7, 11) is 0. The van der Waals surface area contributed by atoms with E-state index in [-0.39, 0.29) is 52.2 Å². The largest absolute Gasteiger partial charge is 0.466 e. The average molecular weight is 404 g/mol. The maximum absolute atomic E-state index is 12.2. The molecule has 0 aliphatic carbocycles. The number of carbonyl (C=O) groups is 4. The molecule has 0 radical (unpaired) electrons. The first-order chi connectivity index (χ1) is 13.2. The highest BCUT2D eigenvalue weighted by Crippen LogP contribution is 2.24. The van der Waals surface area contributed by atoms with Gasteiger partial charge >= 0.3 is 23.9 Å². The zero-order valence-corrected chi connectivity index (χ0v) is 17.1. The molecule has 0 aromatic heterocycles. The van der Waals surface area contributed by atoms with Gasteiger partial charge in [0.05, 0.1) is 57.8 Å². The van der Waals surface area contributed by atoms with Gasteiger partial charge in [-0.3, -0.25) is 24.5 Å². The molecular weight excluding hydrogens is 372 g/mol. The van der Waals surface area contributed by atoms with Crippen LogP contribution in [0, 0.1) is 0 Å². The molecule has 0 fully saturated rings. The topological polar surface area (TPSA) is 143 Å². The zero-order chi connectivity index (χ0) is 21.6. The van der Waals surface area contributed by atoms with E-state index in [0.29, 0.717) is 0 Å². The second-order valence-corrected chi connectivity index (χ2v) is 5.89. The fourth-order valence-corrected chi connectivity index (χ4v) is 2.58. The predicted molar refractivity (Wildman–Crippen MR) is 99.1 cm³/mol. The van der Waals surface area contributed by atoms with Gasteiger partial charge in [-0.2, -0.15) is 0 Å². The summed E-state index contributed by atoms with van der Waals surface area (Å²) in [6.45, 7) is 6.82. The molecule has 0 rings (SSSR count). The first-order valence-corrected chi connectivity index (χ1v) is 9.37. The Morgan fingerprint density at radius 2 is 1.14 bits per heavy atom. The molecule has 10 nitrogen and oxygen atoms in total. The van der Waals surface area contributed by atoms with Crippen molar-refractivity contribution in [3.05, 3.63) is 0 Å². The Hall–Kier alpha value is -2.20. The van der Waals surface area contributed by atoms with Crippen molar-refractivity contribution in [1.29, 1.82) is 0 Å². The highest BCUT2D eigenvalue weighted by atomic mass is 16.5. The normalized spacial score (nSPS) is 12.0. The van der Waals surface area contributed by atoms with Crippen molar-refractivity contribution in [2.24, 2.45) is 5.73 Å². The van der Waals surface area contributed by atoms with E-state index in [1.165, 1.54) is 0 Å². The number of hydrogen-bond donors (Lipinski definition) is 2. The molecule has 3 N–H and O–H groups in total. The molecule has 162 valence electrons. The minimum atomic E-state index is -1.46. The number of hydrogen-bond acceptors (Lipinski definition) is 10. The van der Waals surface area contributed by atoms with Crippen molar-refractivity contribution in [3.63, 3.8) is 0 Å². The van der Waals surface area contributed by atoms with E-state index in [1.807, 2.05) is 0 Å². The lowest BCUT2D eigenvalue weighted by atomic mass is 9.81. The van der Waals surface area contributed by atoms with Crippen LogP contribution in [0.25, 0.3) is 0 Å². The minimum absolute atomic E-state index is 0.124. The van der Waals surface area contributed by atoms with Crippen molar-refractivity contribution in [2.45, 2.75) is 58.5 Å². The molecule has 0 amide bonds. The van der Waals surface area contributed by atoms with Crippen molar-refractivity contribution in [1.82, 2.24) is 5.32 Å². The summed E-state index contributed by atoms with van der Waals surface area (Å²) in [6.07, 6.45) is -0.970. The van der Waals surface area contributed by atoms with Crippen LogP contribution in [-0.2, 0) is 38.1 Å². The molecular formula is C18H32N2O8. The molecule has 28 heavy (non-hydrogen) atoms. The SMILES string of the molecule is CCOC(=O)CNC(CC(=O)OCC)(CC(=O)OCC)C(N)CC(=O)OCC. The minimum Gasteiger partial charge on any atom is -0.466 e. The van der Waals surface area contributed by atoms with Crippen LogP contribution in [0.15, 0.2) is 0 Å². The van der Waals surface area contributed by atoms with E-state index in [1.54, 1.807) is 27.7 Å². The van der Waals surface area contributed by atoms with Gasteiger partial charge in [0.15, 0.2) is 0 Å². The molecule has 0 aliphatic heterocycles. The molecule has 10 heteroatoms. The van der Waals surface area contributed by atoms with Crippen LogP contribution in [0.2, 0.25) is 0 Å². The Labute approximate surface area is 165 Å². The number of rotatable bonds is 14. The zero-order valence-electron chi connectivity index (χ0n) is 17.1. The van der Waals surface area contributed by atoms with Crippen LogP contribution in [0.3, 0.4) is 0 Å². The molecule has 0 aromatic carbocycles. The molecule has 0 saturated carbocycles. The van der Waals surface area contributed by atoms with E-state index >= 15 is 0 Å². The van der Waals surface area contributed by atoms with Crippen LogP contribution in [0.1, 0.15) is 47.0 Å². The second-order valence-electron chi connectivity index (χ2n) is 5.89. The Bertz CT molecular complexity index is 504. The van der Waals surface area contributed by atoms with Crippen LogP contribution < -0.4 is 11.1 Å². The summed E-state index contributed by atoms with van der Waals surface area (Å²) in [5, 5.41) is 2.83. The standard InChI is InChI=1S/C18H32N2O8/c1-5-25-14(21)9-13(19)18(10-15(22)26-6-2,11-16(23)27-7-3)20-12-17(24)28-8-4/h13,20H,5-12,19H2,1-4H3. The third-order valence-corrected chi connectivity index (χ3v) is 3.82. The molecule has 0 aliphatic rings. The van der Waals surface area contributed by atoms with Crippen molar-refractivity contribution in [3.8, 4) is 0 Å². The first kappa shape index (κ1) is 25.8. The van der Waals surface area contributed by atoms with Gasteiger partial charge in [0, 0.05) is 6.04 Å². The van der Waals surface area contributed by atoms with Gasteiger partial charge in [0.25, 0.3) is 0 Å². The van der Waals surface area contributed by atoms with Gasteiger partial charge in [0.2, 0.25) is 0 Å². The van der Waals surface area contributed by atoms with Gasteiger partial charge in [-0.1, -0.05) is 0 Å². The van der Waals surface area contributed by atoms with Crippen molar-refractivity contribution in [2.75, 3.05) is 33.0 Å². The Kier molecular flexibility index (Phi) is 12.8. The fraction of sp³-hybridized carbons (Fsp3) is 0.778. The lowest BCUT2D eigenvalue weighted by Gasteiger charge is -2.38. The van der Waals surface area contributed by atoms with E-state index in [0.717, 1.165) is 0 Å². The highest BCUT2D eigenvalue weighted by molar-refractivity contribution is 5.78. The molecule has 0 heterocycles. The van der Waals surface area contributed by atoms with Gasteiger partial charge < -0.3 is 24.7 Å². The molecule has 0 saturated heterocycles. The molecule has 0 spiro atoms. The van der Waals surface area contributed by atoms with E-state index in [4.69, 9.17) is 24.7 Å². The third kappa shape index (κ3) is 9.65. The summed E-state index contributed by atoms with van der Waals surface area (Å²) < 4.78 is 19.7. The summed E-state index contributed by atoms with van der Waals surface area (Å²) in [5.41, 5.74) is 4.74. The maximum atomic E-state index is 12.2. The lowest BCUT2D eigenvalue weighted by molar-refractivity contribution is -0.152. The summed E-state index contributed by atoms with van der Waals surface area (Å²) in [5.74, 6) is -2.46. The summed E-state index contributed by atoms with van der Waals surface area (Å²) in [6, 6.07) is -1.03. The number of esters is 4. The monoisotopic (exact) mass is 404 g/mol. The molecule has 0 bridgehead atoms. The van der Waals surface area contributed by atoms with Gasteiger partial charge in [-0.05, 0) is 27.7 Å². The van der Waals surface area contributed by atoms with E-state index in [9.17, 15) is 19.2 Å². The highest BCUT2D eigenvalue weighted by Gasteiger charge is 2.43. The quantitative estimate of drug-likeness (QED) is 0.301. The molecule has 1 unspecified atom stereocenters.